The van der Waals surface area contributed by atoms with Gasteiger partial charge in [0.25, 0.3) is 17.5 Å². The van der Waals surface area contributed by atoms with Crippen molar-refractivity contribution in [1.29, 1.82) is 0 Å². The Bertz CT molecular complexity index is 717. The third kappa shape index (κ3) is 3.93. The summed E-state index contributed by atoms with van der Waals surface area (Å²) in [5.74, 6) is -0.608. The number of fused-ring (bicyclic) bond motifs is 1. The number of carbonyl (C=O) groups excluding carboxylic acids is 2. The molecule has 26 heavy (non-hydrogen) atoms. The van der Waals surface area contributed by atoms with Gasteiger partial charge in [0.2, 0.25) is 0 Å². The lowest BCUT2D eigenvalue weighted by atomic mass is 10.1. The van der Waals surface area contributed by atoms with Gasteiger partial charge >= 0.3 is 0 Å². The van der Waals surface area contributed by atoms with E-state index in [0.29, 0.717) is 13.1 Å². The lowest BCUT2D eigenvalue weighted by Gasteiger charge is -2.31. The van der Waals surface area contributed by atoms with E-state index in [1.54, 1.807) is 6.92 Å². The SMILES string of the molecule is CCN(CC)CCNC(=O)c1cc([N+](=O)[O-])cc2c1OC(C)C(=O)N2C. The fourth-order valence-corrected chi connectivity index (χ4v) is 2.83. The maximum absolute atomic E-state index is 12.6. The van der Waals surface area contributed by atoms with Crippen LogP contribution in [-0.4, -0.2) is 61.0 Å². The molecule has 1 aliphatic rings. The first-order chi connectivity index (χ1) is 12.3. The summed E-state index contributed by atoms with van der Waals surface area (Å²) in [6, 6.07) is 2.42. The predicted molar refractivity (Wildman–Crippen MR) is 96.7 cm³/mol. The Morgan fingerprint density at radius 2 is 2.04 bits per heavy atom. The second kappa shape index (κ2) is 8.13. The first kappa shape index (κ1) is 19.6. The first-order valence-corrected chi connectivity index (χ1v) is 8.57. The highest BCUT2D eigenvalue weighted by atomic mass is 16.6. The summed E-state index contributed by atoms with van der Waals surface area (Å²) < 4.78 is 5.59. The van der Waals surface area contributed by atoms with Crippen molar-refractivity contribution in [2.45, 2.75) is 26.9 Å². The molecule has 2 amide bonds. The van der Waals surface area contributed by atoms with Gasteiger partial charge in [-0.1, -0.05) is 13.8 Å². The van der Waals surface area contributed by atoms with Crippen LogP contribution < -0.4 is 15.0 Å². The molecule has 0 saturated carbocycles. The van der Waals surface area contributed by atoms with Gasteiger partial charge in [-0.15, -0.1) is 0 Å². The van der Waals surface area contributed by atoms with Crippen LogP contribution in [0.4, 0.5) is 11.4 Å². The standard InChI is InChI=1S/C17H24N4O5/c1-5-20(6-2)8-7-18-16(22)13-9-12(21(24)25)10-14-15(13)26-11(3)17(23)19(14)4/h9-11H,5-8H2,1-4H3,(H,18,22). The van der Waals surface area contributed by atoms with Crippen LogP contribution in [-0.2, 0) is 4.79 Å². The molecule has 0 saturated heterocycles. The number of rotatable bonds is 7. The van der Waals surface area contributed by atoms with E-state index in [0.717, 1.165) is 13.1 Å². The molecule has 0 bridgehead atoms. The van der Waals surface area contributed by atoms with Crippen molar-refractivity contribution in [3.63, 3.8) is 0 Å². The van der Waals surface area contributed by atoms with Crippen LogP contribution in [0.15, 0.2) is 12.1 Å². The summed E-state index contributed by atoms with van der Waals surface area (Å²) in [4.78, 5) is 38.7. The number of nitro groups is 1. The Morgan fingerprint density at radius 3 is 2.62 bits per heavy atom. The maximum Gasteiger partial charge on any atom is 0.272 e. The second-order valence-corrected chi connectivity index (χ2v) is 6.04. The second-order valence-electron chi connectivity index (χ2n) is 6.04. The number of likely N-dealkylation sites (N-methyl/N-ethyl adjacent to an activating group) is 2. The number of amides is 2. The monoisotopic (exact) mass is 364 g/mol. The highest BCUT2D eigenvalue weighted by molar-refractivity contribution is 6.05. The number of benzene rings is 1. The number of hydrogen-bond acceptors (Lipinski definition) is 6. The van der Waals surface area contributed by atoms with Crippen molar-refractivity contribution in [3.8, 4) is 5.75 Å². The van der Waals surface area contributed by atoms with Gasteiger partial charge in [-0.2, -0.15) is 0 Å². The van der Waals surface area contributed by atoms with Gasteiger partial charge in [-0.05, 0) is 20.0 Å². The Balaban J connectivity index is 2.32. The maximum atomic E-state index is 12.6. The molecule has 9 nitrogen and oxygen atoms in total. The van der Waals surface area contributed by atoms with Crippen LogP contribution >= 0.6 is 0 Å². The van der Waals surface area contributed by atoms with E-state index in [1.807, 2.05) is 13.8 Å². The van der Waals surface area contributed by atoms with E-state index in [4.69, 9.17) is 4.74 Å². The third-order valence-electron chi connectivity index (χ3n) is 4.45. The molecule has 1 N–H and O–H groups in total. The molecule has 2 rings (SSSR count). The van der Waals surface area contributed by atoms with E-state index in [2.05, 4.69) is 10.2 Å². The fourth-order valence-electron chi connectivity index (χ4n) is 2.83. The molecule has 1 atom stereocenters. The van der Waals surface area contributed by atoms with Crippen molar-refractivity contribution in [2.75, 3.05) is 38.1 Å². The van der Waals surface area contributed by atoms with E-state index in [1.165, 1.54) is 24.1 Å². The van der Waals surface area contributed by atoms with Crippen LogP contribution in [0, 0.1) is 10.1 Å². The van der Waals surface area contributed by atoms with Crippen molar-refractivity contribution < 1.29 is 19.2 Å². The molecule has 0 aliphatic carbocycles. The zero-order valence-electron chi connectivity index (χ0n) is 15.4. The lowest BCUT2D eigenvalue weighted by molar-refractivity contribution is -0.384. The molecule has 142 valence electrons. The normalized spacial score (nSPS) is 16.3. The van der Waals surface area contributed by atoms with Crippen molar-refractivity contribution in [3.05, 3.63) is 27.8 Å². The lowest BCUT2D eigenvalue weighted by Crippen LogP contribution is -2.43. The number of anilines is 1. The van der Waals surface area contributed by atoms with Crippen LogP contribution in [0.25, 0.3) is 0 Å². The van der Waals surface area contributed by atoms with Gasteiger partial charge in [0.15, 0.2) is 11.9 Å². The number of nitrogens with zero attached hydrogens (tertiary/aromatic N) is 3. The number of non-ortho nitro benzene ring substituents is 1. The zero-order valence-corrected chi connectivity index (χ0v) is 15.4. The minimum Gasteiger partial charge on any atom is -0.478 e. The highest BCUT2D eigenvalue weighted by Gasteiger charge is 2.34. The minimum atomic E-state index is -0.767. The summed E-state index contributed by atoms with van der Waals surface area (Å²) in [5, 5.41) is 14.0. The fraction of sp³-hybridized carbons (Fsp3) is 0.529. The molecule has 1 aromatic rings. The van der Waals surface area contributed by atoms with Gasteiger partial charge in [-0.25, -0.2) is 0 Å². The summed E-state index contributed by atoms with van der Waals surface area (Å²) >= 11 is 0. The number of nitrogens with one attached hydrogen (secondary N) is 1. The molecule has 9 heteroatoms. The van der Waals surface area contributed by atoms with Crippen LogP contribution in [0.3, 0.4) is 0 Å². The Morgan fingerprint density at radius 1 is 1.38 bits per heavy atom. The molecule has 0 aromatic heterocycles. The average Bonchev–Trinajstić information content (AvgIpc) is 2.62. The van der Waals surface area contributed by atoms with Crippen molar-refractivity contribution in [1.82, 2.24) is 10.2 Å². The molecule has 0 fully saturated rings. The molecule has 1 aliphatic heterocycles. The predicted octanol–water partition coefficient (Wildman–Crippen LogP) is 1.41. The Labute approximate surface area is 152 Å². The number of carbonyl (C=O) groups is 2. The van der Waals surface area contributed by atoms with E-state index in [-0.39, 0.29) is 28.6 Å². The molecule has 0 radical (unpaired) electrons. The molecular weight excluding hydrogens is 340 g/mol. The summed E-state index contributed by atoms with van der Waals surface area (Å²) in [6.07, 6.45) is -0.767. The Kier molecular flexibility index (Phi) is 6.14. The van der Waals surface area contributed by atoms with Crippen LogP contribution in [0.2, 0.25) is 0 Å². The Hall–Kier alpha value is -2.68. The number of ether oxygens (including phenoxy) is 1. The van der Waals surface area contributed by atoms with Crippen LogP contribution in [0.5, 0.6) is 5.75 Å². The van der Waals surface area contributed by atoms with Crippen LogP contribution in [0.1, 0.15) is 31.1 Å². The van der Waals surface area contributed by atoms with Crippen molar-refractivity contribution in [2.24, 2.45) is 0 Å². The van der Waals surface area contributed by atoms with Gasteiger partial charge in [0.1, 0.15) is 0 Å². The van der Waals surface area contributed by atoms with E-state index < -0.39 is 16.9 Å². The molecule has 0 spiro atoms. The number of nitro benzene ring substituents is 1. The largest absolute Gasteiger partial charge is 0.478 e. The smallest absolute Gasteiger partial charge is 0.272 e. The minimum absolute atomic E-state index is 0.0555. The van der Waals surface area contributed by atoms with Gasteiger partial charge in [0.05, 0.1) is 16.2 Å². The molecular formula is C17H24N4O5. The molecule has 1 unspecified atom stereocenters. The van der Waals surface area contributed by atoms with Gasteiger partial charge in [-0.3, -0.25) is 19.7 Å². The summed E-state index contributed by atoms with van der Waals surface area (Å²) in [5.41, 5.74) is 0.00610. The third-order valence-corrected chi connectivity index (χ3v) is 4.45. The van der Waals surface area contributed by atoms with Crippen molar-refractivity contribution >= 4 is 23.2 Å². The molecule has 1 aromatic carbocycles. The summed E-state index contributed by atoms with van der Waals surface area (Å²) in [7, 11) is 1.51. The number of hydrogen-bond donors (Lipinski definition) is 1. The van der Waals surface area contributed by atoms with Gasteiger partial charge in [0, 0.05) is 32.3 Å². The summed E-state index contributed by atoms with van der Waals surface area (Å²) in [6.45, 7) is 8.45. The van der Waals surface area contributed by atoms with E-state index >= 15 is 0 Å². The molecule has 1 heterocycles. The highest BCUT2D eigenvalue weighted by Crippen LogP contribution is 2.39. The van der Waals surface area contributed by atoms with E-state index in [9.17, 15) is 19.7 Å². The average molecular weight is 364 g/mol. The van der Waals surface area contributed by atoms with Gasteiger partial charge < -0.3 is 19.9 Å². The zero-order chi connectivity index (χ0) is 19.4. The topological polar surface area (TPSA) is 105 Å². The first-order valence-electron chi connectivity index (χ1n) is 8.57. The quantitative estimate of drug-likeness (QED) is 0.579.